The summed E-state index contributed by atoms with van der Waals surface area (Å²) in [4.78, 5) is 18.2. The van der Waals surface area contributed by atoms with Gasteiger partial charge in [0.25, 0.3) is 0 Å². The van der Waals surface area contributed by atoms with Gasteiger partial charge in [-0.1, -0.05) is 63.3 Å². The lowest BCUT2D eigenvalue weighted by molar-refractivity contribution is 0.298. The van der Waals surface area contributed by atoms with Crippen LogP contribution in [0.15, 0.2) is 29.1 Å². The van der Waals surface area contributed by atoms with Crippen LogP contribution in [0.25, 0.3) is 11.3 Å². The van der Waals surface area contributed by atoms with Crippen molar-refractivity contribution < 1.29 is 0 Å². The van der Waals surface area contributed by atoms with Gasteiger partial charge in [0.05, 0.1) is 5.69 Å². The molecule has 0 saturated heterocycles. The van der Waals surface area contributed by atoms with Gasteiger partial charge in [-0.15, -0.1) is 0 Å². The molecule has 3 nitrogen and oxygen atoms in total. The van der Waals surface area contributed by atoms with Crippen molar-refractivity contribution in [3.8, 4) is 11.3 Å². The molecule has 2 aromatic rings. The molecule has 1 N–H and O–H groups in total. The van der Waals surface area contributed by atoms with E-state index in [1.807, 2.05) is 0 Å². The molecule has 0 radical (unpaired) electrons. The molecule has 0 saturated carbocycles. The summed E-state index contributed by atoms with van der Waals surface area (Å²) in [5, 5.41) is 0. The van der Waals surface area contributed by atoms with E-state index in [-0.39, 0.29) is 4.87 Å². The molecule has 1 aromatic carbocycles. The zero-order valence-electron chi connectivity index (χ0n) is 13.3. The molecule has 1 aromatic heterocycles. The maximum absolute atomic E-state index is 11.8. The van der Waals surface area contributed by atoms with E-state index in [2.05, 4.69) is 61.8 Å². The molecular formula is C17H24N2OS. The highest BCUT2D eigenvalue weighted by Gasteiger charge is 2.13. The summed E-state index contributed by atoms with van der Waals surface area (Å²) in [6, 6.07) is 8.52. The highest BCUT2D eigenvalue weighted by Crippen LogP contribution is 2.26. The minimum Gasteiger partial charge on any atom is -0.312 e. The van der Waals surface area contributed by atoms with Gasteiger partial charge in [-0.05, 0) is 30.1 Å². The molecule has 0 unspecified atom stereocenters. The van der Waals surface area contributed by atoms with Crippen molar-refractivity contribution in [2.45, 2.75) is 40.2 Å². The van der Waals surface area contributed by atoms with Crippen molar-refractivity contribution in [2.24, 2.45) is 0 Å². The number of nitrogens with one attached hydrogen (secondary N) is 1. The molecule has 0 fully saturated rings. The lowest BCUT2D eigenvalue weighted by Crippen LogP contribution is -2.21. The number of hydrogen-bond donors (Lipinski definition) is 1. The molecule has 0 bridgehead atoms. The van der Waals surface area contributed by atoms with Crippen LogP contribution in [0.3, 0.4) is 0 Å². The zero-order valence-corrected chi connectivity index (χ0v) is 14.1. The summed E-state index contributed by atoms with van der Waals surface area (Å²) in [6.07, 6.45) is 0. The largest absolute Gasteiger partial charge is 0.312 e. The number of thiazole rings is 1. The van der Waals surface area contributed by atoms with Crippen LogP contribution in [0.1, 0.15) is 44.1 Å². The fourth-order valence-electron chi connectivity index (χ4n) is 2.39. The highest BCUT2D eigenvalue weighted by atomic mass is 32.1. The fourth-order valence-corrected chi connectivity index (χ4v) is 3.28. The van der Waals surface area contributed by atoms with Gasteiger partial charge < -0.3 is 4.98 Å². The Bertz CT molecular complexity index is 621. The van der Waals surface area contributed by atoms with Crippen LogP contribution in [0, 0.1) is 0 Å². The lowest BCUT2D eigenvalue weighted by atomic mass is 10.0. The Morgan fingerprint density at radius 2 is 1.76 bits per heavy atom. The van der Waals surface area contributed by atoms with Gasteiger partial charge in [-0.3, -0.25) is 9.69 Å². The van der Waals surface area contributed by atoms with E-state index in [1.165, 1.54) is 16.9 Å². The van der Waals surface area contributed by atoms with E-state index in [0.29, 0.717) is 5.92 Å². The number of rotatable bonds is 6. The average molecular weight is 304 g/mol. The first-order chi connectivity index (χ1) is 10.0. The second-order valence-electron chi connectivity index (χ2n) is 5.55. The first-order valence-electron chi connectivity index (χ1n) is 7.59. The van der Waals surface area contributed by atoms with Crippen LogP contribution in [0.4, 0.5) is 0 Å². The number of aromatic amines is 1. The molecule has 0 aliphatic rings. The summed E-state index contributed by atoms with van der Waals surface area (Å²) < 4.78 is 0. The van der Waals surface area contributed by atoms with E-state index in [0.717, 1.165) is 35.8 Å². The van der Waals surface area contributed by atoms with Gasteiger partial charge in [-0.25, -0.2) is 0 Å². The number of nitrogens with zero attached hydrogens (tertiary/aromatic N) is 1. The molecule has 1 heterocycles. The highest BCUT2D eigenvalue weighted by molar-refractivity contribution is 7.09. The Morgan fingerprint density at radius 1 is 1.14 bits per heavy atom. The van der Waals surface area contributed by atoms with Gasteiger partial charge in [0.1, 0.15) is 0 Å². The minimum atomic E-state index is 0.0279. The normalized spacial score (nSPS) is 11.5. The fraction of sp³-hybridized carbons (Fsp3) is 0.471. The predicted octanol–water partition coefficient (Wildman–Crippen LogP) is 4.07. The third-order valence-corrected chi connectivity index (χ3v) is 4.72. The van der Waals surface area contributed by atoms with Crippen molar-refractivity contribution in [1.29, 1.82) is 0 Å². The van der Waals surface area contributed by atoms with Crippen molar-refractivity contribution >= 4 is 11.3 Å². The summed E-state index contributed by atoms with van der Waals surface area (Å²) in [7, 11) is 0. The second-order valence-corrected chi connectivity index (χ2v) is 6.62. The first kappa shape index (κ1) is 16.0. The van der Waals surface area contributed by atoms with Crippen molar-refractivity contribution in [3.05, 3.63) is 44.4 Å². The Morgan fingerprint density at radius 3 is 2.29 bits per heavy atom. The van der Waals surface area contributed by atoms with Crippen LogP contribution < -0.4 is 4.87 Å². The van der Waals surface area contributed by atoms with E-state index < -0.39 is 0 Å². The summed E-state index contributed by atoms with van der Waals surface area (Å²) >= 11 is 1.33. The van der Waals surface area contributed by atoms with E-state index in [1.54, 1.807) is 0 Å². The summed E-state index contributed by atoms with van der Waals surface area (Å²) in [6.45, 7) is 11.5. The Hall–Kier alpha value is -1.39. The average Bonchev–Trinajstić information content (AvgIpc) is 2.85. The molecule has 114 valence electrons. The van der Waals surface area contributed by atoms with Gasteiger partial charge in [-0.2, -0.15) is 0 Å². The third-order valence-electron chi connectivity index (χ3n) is 3.85. The number of benzene rings is 1. The van der Waals surface area contributed by atoms with Crippen LogP contribution in [0.5, 0.6) is 0 Å². The topological polar surface area (TPSA) is 36.1 Å². The van der Waals surface area contributed by atoms with E-state index >= 15 is 0 Å². The van der Waals surface area contributed by atoms with E-state index in [4.69, 9.17) is 0 Å². The number of hydrogen-bond acceptors (Lipinski definition) is 3. The van der Waals surface area contributed by atoms with Crippen LogP contribution >= 0.6 is 11.3 Å². The number of H-pyrrole nitrogens is 1. The maximum Gasteiger partial charge on any atom is 0.305 e. The summed E-state index contributed by atoms with van der Waals surface area (Å²) in [5.74, 6) is 0.524. The standard InChI is InChI=1S/C17H24N2OS/c1-5-19(6-2)11-15-16(18-17(20)21-15)14-9-7-13(8-10-14)12(3)4/h7-10,12H,5-6,11H2,1-4H3,(H,18,20). The predicted molar refractivity (Wildman–Crippen MR) is 91.1 cm³/mol. The van der Waals surface area contributed by atoms with Crippen molar-refractivity contribution in [2.75, 3.05) is 13.1 Å². The minimum absolute atomic E-state index is 0.0279. The van der Waals surface area contributed by atoms with Crippen molar-refractivity contribution in [3.63, 3.8) is 0 Å². The monoisotopic (exact) mass is 304 g/mol. The van der Waals surface area contributed by atoms with Gasteiger partial charge in [0, 0.05) is 11.4 Å². The van der Waals surface area contributed by atoms with Crippen molar-refractivity contribution in [1.82, 2.24) is 9.88 Å². The SMILES string of the molecule is CCN(CC)Cc1sc(=O)[nH]c1-c1ccc(C(C)C)cc1. The molecule has 0 aliphatic carbocycles. The first-order valence-corrected chi connectivity index (χ1v) is 8.41. The summed E-state index contributed by atoms with van der Waals surface area (Å²) in [5.41, 5.74) is 3.40. The smallest absolute Gasteiger partial charge is 0.305 e. The number of aromatic nitrogens is 1. The maximum atomic E-state index is 11.8. The molecule has 0 amide bonds. The van der Waals surface area contributed by atoms with Gasteiger partial charge >= 0.3 is 4.87 Å². The Kier molecular flexibility index (Phi) is 5.37. The molecule has 21 heavy (non-hydrogen) atoms. The molecular weight excluding hydrogens is 280 g/mol. The van der Waals surface area contributed by atoms with Crippen LogP contribution in [-0.4, -0.2) is 23.0 Å². The molecule has 0 aliphatic heterocycles. The van der Waals surface area contributed by atoms with Crippen LogP contribution in [0.2, 0.25) is 0 Å². The molecule has 0 atom stereocenters. The molecule has 2 rings (SSSR count). The Labute approximate surface area is 130 Å². The zero-order chi connectivity index (χ0) is 15.4. The van der Waals surface area contributed by atoms with Crippen LogP contribution in [-0.2, 0) is 6.54 Å². The molecule has 4 heteroatoms. The third kappa shape index (κ3) is 3.83. The van der Waals surface area contributed by atoms with E-state index in [9.17, 15) is 4.79 Å². The lowest BCUT2D eigenvalue weighted by Gasteiger charge is -2.17. The van der Waals surface area contributed by atoms with Gasteiger partial charge in [0.2, 0.25) is 0 Å². The molecule has 0 spiro atoms. The Balaban J connectivity index is 2.33. The van der Waals surface area contributed by atoms with Gasteiger partial charge in [0.15, 0.2) is 0 Å². The second kappa shape index (κ2) is 7.05. The quantitative estimate of drug-likeness (QED) is 0.873.